The van der Waals surface area contributed by atoms with E-state index in [1.165, 1.54) is 0 Å². The predicted octanol–water partition coefficient (Wildman–Crippen LogP) is 5.01. The standard InChI is InChI=1S/C28H43N3O4/c1-11-14-21(7)29-25(32)24(22-16-18(4)15-19(5)17-22)31(13-3)26(33)23(20(6)12-2)30-27(34)35-28(8,9)10/h3,15-17,20-21,23-24H,11-12,14H2,1-2,4-10H3,(H,29,32)(H,30,34). The van der Waals surface area contributed by atoms with Gasteiger partial charge in [0, 0.05) is 12.1 Å². The van der Waals surface area contributed by atoms with Crippen molar-refractivity contribution in [3.8, 4) is 12.5 Å². The molecule has 1 aromatic carbocycles. The Labute approximate surface area is 211 Å². The van der Waals surface area contributed by atoms with Crippen molar-refractivity contribution in [3.05, 3.63) is 34.9 Å². The van der Waals surface area contributed by atoms with Crippen LogP contribution in [0.2, 0.25) is 0 Å². The highest BCUT2D eigenvalue weighted by atomic mass is 16.6. The molecular formula is C28H43N3O4. The van der Waals surface area contributed by atoms with Gasteiger partial charge in [0.15, 0.2) is 0 Å². The number of nitrogens with zero attached hydrogens (tertiary/aromatic N) is 1. The van der Waals surface area contributed by atoms with Crippen LogP contribution in [0, 0.1) is 32.2 Å². The molecule has 4 unspecified atom stereocenters. The zero-order valence-electron chi connectivity index (χ0n) is 22.8. The molecule has 0 aromatic heterocycles. The van der Waals surface area contributed by atoms with E-state index >= 15 is 0 Å². The molecule has 4 atom stereocenters. The van der Waals surface area contributed by atoms with Crippen molar-refractivity contribution < 1.29 is 19.1 Å². The molecule has 2 N–H and O–H groups in total. The first-order valence-electron chi connectivity index (χ1n) is 12.4. The molecule has 0 fully saturated rings. The molecule has 0 heterocycles. The number of ether oxygens (including phenoxy) is 1. The second-order valence-electron chi connectivity index (χ2n) is 10.4. The number of nitrogens with one attached hydrogen (secondary N) is 2. The molecule has 7 heteroatoms. The van der Waals surface area contributed by atoms with Crippen molar-refractivity contribution in [2.45, 2.75) is 105 Å². The third kappa shape index (κ3) is 9.28. The molecular weight excluding hydrogens is 442 g/mol. The second-order valence-corrected chi connectivity index (χ2v) is 10.4. The van der Waals surface area contributed by atoms with Crippen LogP contribution in [-0.2, 0) is 14.3 Å². The third-order valence-electron chi connectivity index (χ3n) is 5.70. The number of hydrogen-bond donors (Lipinski definition) is 2. The Morgan fingerprint density at radius 1 is 1.06 bits per heavy atom. The Bertz CT molecular complexity index is 909. The molecule has 0 saturated carbocycles. The van der Waals surface area contributed by atoms with Gasteiger partial charge in [-0.3, -0.25) is 14.5 Å². The number of terminal acetylenes is 1. The van der Waals surface area contributed by atoms with Gasteiger partial charge in [-0.15, -0.1) is 0 Å². The van der Waals surface area contributed by atoms with E-state index < -0.39 is 29.7 Å². The lowest BCUT2D eigenvalue weighted by atomic mass is 9.95. The zero-order valence-corrected chi connectivity index (χ0v) is 22.8. The van der Waals surface area contributed by atoms with E-state index in [-0.39, 0.29) is 17.9 Å². The Balaban J connectivity index is 3.47. The highest BCUT2D eigenvalue weighted by molar-refractivity contribution is 5.93. The fraction of sp³-hybridized carbons (Fsp3) is 0.607. The maximum Gasteiger partial charge on any atom is 0.408 e. The van der Waals surface area contributed by atoms with Crippen LogP contribution in [0.3, 0.4) is 0 Å². The van der Waals surface area contributed by atoms with Crippen molar-refractivity contribution in [3.63, 3.8) is 0 Å². The Morgan fingerprint density at radius 3 is 2.09 bits per heavy atom. The van der Waals surface area contributed by atoms with Gasteiger partial charge < -0.3 is 15.4 Å². The first-order chi connectivity index (χ1) is 16.2. The fourth-order valence-electron chi connectivity index (χ4n) is 3.95. The third-order valence-corrected chi connectivity index (χ3v) is 5.70. The minimum absolute atomic E-state index is 0.0825. The fourth-order valence-corrected chi connectivity index (χ4v) is 3.95. The number of carbonyl (C=O) groups excluding carboxylic acids is 3. The summed E-state index contributed by atoms with van der Waals surface area (Å²) in [7, 11) is 0. The number of alkyl carbamates (subject to hydrolysis) is 1. The highest BCUT2D eigenvalue weighted by Gasteiger charge is 2.38. The summed E-state index contributed by atoms with van der Waals surface area (Å²) in [6.45, 7) is 16.8. The summed E-state index contributed by atoms with van der Waals surface area (Å²) in [5, 5.41) is 5.69. The predicted molar refractivity (Wildman–Crippen MR) is 139 cm³/mol. The monoisotopic (exact) mass is 485 g/mol. The van der Waals surface area contributed by atoms with Crippen molar-refractivity contribution in [1.82, 2.24) is 15.5 Å². The lowest BCUT2D eigenvalue weighted by molar-refractivity contribution is -0.139. The van der Waals surface area contributed by atoms with Gasteiger partial charge in [0.2, 0.25) is 5.91 Å². The number of carbonyl (C=O) groups is 3. The number of aryl methyl sites for hydroxylation is 2. The largest absolute Gasteiger partial charge is 0.444 e. The molecule has 0 radical (unpaired) electrons. The maximum atomic E-state index is 13.8. The van der Waals surface area contributed by atoms with Gasteiger partial charge in [-0.25, -0.2) is 4.79 Å². The molecule has 0 saturated heterocycles. The first kappa shape index (κ1) is 30.0. The lowest BCUT2D eigenvalue weighted by Gasteiger charge is -2.33. The van der Waals surface area contributed by atoms with Crippen LogP contribution in [0.4, 0.5) is 4.79 Å². The molecule has 0 aliphatic rings. The smallest absolute Gasteiger partial charge is 0.408 e. The topological polar surface area (TPSA) is 87.7 Å². The Hall–Kier alpha value is -3.01. The molecule has 35 heavy (non-hydrogen) atoms. The van der Waals surface area contributed by atoms with Gasteiger partial charge in [0.05, 0.1) is 0 Å². The van der Waals surface area contributed by atoms with Crippen molar-refractivity contribution >= 4 is 17.9 Å². The molecule has 0 aliphatic heterocycles. The Kier molecular flexibility index (Phi) is 11.3. The van der Waals surface area contributed by atoms with E-state index in [0.717, 1.165) is 28.9 Å². The number of hydrogen-bond acceptors (Lipinski definition) is 4. The number of rotatable bonds is 10. The normalized spacial score (nSPS) is 14.6. The molecule has 1 aromatic rings. The molecule has 0 spiro atoms. The van der Waals surface area contributed by atoms with Gasteiger partial charge in [-0.2, -0.15) is 0 Å². The average Bonchev–Trinajstić information content (AvgIpc) is 2.72. The summed E-state index contributed by atoms with van der Waals surface area (Å²) in [6.07, 6.45) is 7.46. The van der Waals surface area contributed by atoms with E-state index in [9.17, 15) is 14.4 Å². The first-order valence-corrected chi connectivity index (χ1v) is 12.4. The molecule has 7 nitrogen and oxygen atoms in total. The highest BCUT2D eigenvalue weighted by Crippen LogP contribution is 2.26. The minimum Gasteiger partial charge on any atom is -0.444 e. The molecule has 3 amide bonds. The second kappa shape index (κ2) is 13.2. The summed E-state index contributed by atoms with van der Waals surface area (Å²) in [6, 6.07) is 6.06. The van der Waals surface area contributed by atoms with Gasteiger partial charge in [-0.1, -0.05) is 69.4 Å². The van der Waals surface area contributed by atoms with Crippen LogP contribution in [-0.4, -0.2) is 40.5 Å². The van der Waals surface area contributed by atoms with Gasteiger partial charge in [0.25, 0.3) is 5.91 Å². The number of amides is 3. The lowest BCUT2D eigenvalue weighted by Crippen LogP contribution is -2.54. The summed E-state index contributed by atoms with van der Waals surface area (Å²) in [5.41, 5.74) is 1.80. The molecule has 194 valence electrons. The summed E-state index contributed by atoms with van der Waals surface area (Å²) in [5.74, 6) is -1.13. The van der Waals surface area contributed by atoms with Crippen LogP contribution < -0.4 is 10.6 Å². The molecule has 0 aliphatic carbocycles. The Morgan fingerprint density at radius 2 is 1.63 bits per heavy atom. The van der Waals surface area contributed by atoms with Crippen molar-refractivity contribution in [2.75, 3.05) is 0 Å². The average molecular weight is 486 g/mol. The number of benzene rings is 1. The summed E-state index contributed by atoms with van der Waals surface area (Å²) in [4.78, 5) is 41.0. The van der Waals surface area contributed by atoms with Crippen molar-refractivity contribution in [1.29, 1.82) is 0 Å². The minimum atomic E-state index is -1.04. The van der Waals surface area contributed by atoms with Crippen LogP contribution in [0.1, 0.15) is 90.5 Å². The van der Waals surface area contributed by atoms with Gasteiger partial charge >= 0.3 is 6.09 Å². The van der Waals surface area contributed by atoms with Crippen molar-refractivity contribution in [2.24, 2.45) is 5.92 Å². The van der Waals surface area contributed by atoms with E-state index in [4.69, 9.17) is 11.2 Å². The summed E-state index contributed by atoms with van der Waals surface area (Å²) >= 11 is 0. The van der Waals surface area contributed by atoms with E-state index in [1.807, 2.05) is 59.7 Å². The van der Waals surface area contributed by atoms with Crippen LogP contribution in [0.25, 0.3) is 0 Å². The summed E-state index contributed by atoms with van der Waals surface area (Å²) < 4.78 is 5.38. The SMILES string of the molecule is C#CN(C(=O)C(NC(=O)OC(C)(C)C)C(C)CC)C(C(=O)NC(C)CCC)c1cc(C)cc(C)c1. The quantitative estimate of drug-likeness (QED) is 0.360. The molecule has 1 rings (SSSR count). The zero-order chi connectivity index (χ0) is 26.9. The molecule has 0 bridgehead atoms. The maximum absolute atomic E-state index is 13.8. The van der Waals surface area contributed by atoms with E-state index in [0.29, 0.717) is 12.0 Å². The van der Waals surface area contributed by atoms with Gasteiger partial charge in [0.1, 0.15) is 17.7 Å². The van der Waals surface area contributed by atoms with Crippen LogP contribution in [0.5, 0.6) is 0 Å². The van der Waals surface area contributed by atoms with Crippen LogP contribution >= 0.6 is 0 Å². The van der Waals surface area contributed by atoms with E-state index in [1.54, 1.807) is 20.8 Å². The van der Waals surface area contributed by atoms with Gasteiger partial charge in [-0.05, 0) is 59.4 Å². The van der Waals surface area contributed by atoms with E-state index in [2.05, 4.69) is 16.7 Å². The van der Waals surface area contributed by atoms with Crippen LogP contribution in [0.15, 0.2) is 18.2 Å².